The number of hydrogen-bond donors (Lipinski definition) is 1. The Labute approximate surface area is 148 Å². The van der Waals surface area contributed by atoms with Crippen LogP contribution in [0, 0.1) is 5.82 Å². The quantitative estimate of drug-likeness (QED) is 0.683. The first-order chi connectivity index (χ1) is 12.7. The van der Waals surface area contributed by atoms with Gasteiger partial charge in [-0.2, -0.15) is 18.2 Å². The van der Waals surface area contributed by atoms with E-state index in [-0.39, 0.29) is 22.6 Å². The minimum absolute atomic E-state index is 0.0183. The molecular weight excluding hydrogens is 376 g/mol. The van der Waals surface area contributed by atoms with Gasteiger partial charge < -0.3 is 5.32 Å². The molecule has 3 aromatic rings. The maximum Gasteiger partial charge on any atom is 0.416 e. The van der Waals surface area contributed by atoms with Gasteiger partial charge in [-0.15, -0.1) is 0 Å². The van der Waals surface area contributed by atoms with Crippen molar-refractivity contribution in [3.63, 3.8) is 0 Å². The molecule has 0 aliphatic rings. The first-order valence-electron chi connectivity index (χ1n) is 7.58. The number of nitrogens with zero attached hydrogens (tertiary/aromatic N) is 2. The summed E-state index contributed by atoms with van der Waals surface area (Å²) < 4.78 is 78.8. The third kappa shape index (κ3) is 3.88. The zero-order valence-electron chi connectivity index (χ0n) is 13.4. The SMILES string of the molecule is O=c1nc(NCC(F)F)n2ccc(C(F)(F)F)cc2c1-c1cccc(F)c1. The molecule has 0 fully saturated rings. The Morgan fingerprint density at radius 1 is 1.15 bits per heavy atom. The molecule has 10 heteroatoms. The van der Waals surface area contributed by atoms with E-state index in [1.807, 2.05) is 0 Å². The monoisotopic (exact) mass is 387 g/mol. The van der Waals surface area contributed by atoms with Crippen LogP contribution >= 0.6 is 0 Å². The highest BCUT2D eigenvalue weighted by molar-refractivity contribution is 5.81. The molecule has 0 unspecified atom stereocenters. The van der Waals surface area contributed by atoms with Crippen LogP contribution in [0.25, 0.3) is 16.6 Å². The van der Waals surface area contributed by atoms with Crippen molar-refractivity contribution in [3.8, 4) is 11.1 Å². The smallest absolute Gasteiger partial charge is 0.350 e. The molecule has 0 amide bonds. The molecule has 4 nitrogen and oxygen atoms in total. The second kappa shape index (κ2) is 6.93. The van der Waals surface area contributed by atoms with Crippen LogP contribution in [0.5, 0.6) is 0 Å². The van der Waals surface area contributed by atoms with E-state index in [1.54, 1.807) is 0 Å². The van der Waals surface area contributed by atoms with Crippen molar-refractivity contribution < 1.29 is 26.3 Å². The number of pyridine rings is 1. The maximum atomic E-state index is 13.5. The molecule has 2 aromatic heterocycles. The largest absolute Gasteiger partial charge is 0.416 e. The Bertz CT molecular complexity index is 1040. The second-order valence-electron chi connectivity index (χ2n) is 5.57. The number of aromatic nitrogens is 2. The third-order valence-electron chi connectivity index (χ3n) is 3.72. The van der Waals surface area contributed by atoms with E-state index < -0.39 is 36.1 Å². The van der Waals surface area contributed by atoms with Gasteiger partial charge in [0.1, 0.15) is 5.82 Å². The minimum atomic E-state index is -4.70. The number of anilines is 1. The van der Waals surface area contributed by atoms with Gasteiger partial charge in [0.25, 0.3) is 12.0 Å². The molecule has 1 N–H and O–H groups in total. The summed E-state index contributed by atoms with van der Waals surface area (Å²) in [4.78, 5) is 16.0. The number of nitrogens with one attached hydrogen (secondary N) is 1. The normalized spacial score (nSPS) is 12.0. The van der Waals surface area contributed by atoms with Crippen LogP contribution in [0.3, 0.4) is 0 Å². The molecule has 0 spiro atoms. The van der Waals surface area contributed by atoms with E-state index in [0.29, 0.717) is 6.07 Å². The predicted octanol–water partition coefficient (Wildman–Crippen LogP) is 4.20. The number of rotatable bonds is 4. The number of benzene rings is 1. The van der Waals surface area contributed by atoms with Crippen molar-refractivity contribution in [1.29, 1.82) is 0 Å². The summed E-state index contributed by atoms with van der Waals surface area (Å²) in [5, 5.41) is 2.22. The van der Waals surface area contributed by atoms with Gasteiger partial charge in [-0.05, 0) is 29.8 Å². The van der Waals surface area contributed by atoms with E-state index in [2.05, 4.69) is 10.3 Å². The third-order valence-corrected chi connectivity index (χ3v) is 3.72. The summed E-state index contributed by atoms with van der Waals surface area (Å²) in [6.45, 7) is -0.852. The molecule has 2 heterocycles. The average Bonchev–Trinajstić information content (AvgIpc) is 2.58. The lowest BCUT2D eigenvalue weighted by atomic mass is 10.0. The maximum absolute atomic E-state index is 13.5. The number of hydrogen-bond acceptors (Lipinski definition) is 3. The lowest BCUT2D eigenvalue weighted by molar-refractivity contribution is -0.137. The van der Waals surface area contributed by atoms with Gasteiger partial charge in [-0.25, -0.2) is 13.2 Å². The molecule has 0 aliphatic heterocycles. The molecule has 142 valence electrons. The Morgan fingerprint density at radius 2 is 1.89 bits per heavy atom. The zero-order chi connectivity index (χ0) is 19.8. The van der Waals surface area contributed by atoms with E-state index in [9.17, 15) is 31.1 Å². The van der Waals surface area contributed by atoms with Crippen LogP contribution in [-0.2, 0) is 6.18 Å². The van der Waals surface area contributed by atoms with E-state index in [4.69, 9.17) is 0 Å². The molecule has 0 bridgehead atoms. The van der Waals surface area contributed by atoms with Crippen LogP contribution < -0.4 is 10.9 Å². The molecule has 0 saturated heterocycles. The van der Waals surface area contributed by atoms with Gasteiger partial charge in [0.15, 0.2) is 0 Å². The number of alkyl halides is 5. The number of halogens is 6. The van der Waals surface area contributed by atoms with Gasteiger partial charge in [0.2, 0.25) is 5.95 Å². The zero-order valence-corrected chi connectivity index (χ0v) is 13.4. The van der Waals surface area contributed by atoms with E-state index in [0.717, 1.165) is 28.8 Å². The highest BCUT2D eigenvalue weighted by Crippen LogP contribution is 2.32. The molecule has 0 radical (unpaired) electrons. The Morgan fingerprint density at radius 3 is 2.52 bits per heavy atom. The topological polar surface area (TPSA) is 46.4 Å². The summed E-state index contributed by atoms with van der Waals surface area (Å²) in [6.07, 6.45) is -6.51. The fraction of sp³-hybridized carbons (Fsp3) is 0.176. The van der Waals surface area contributed by atoms with Gasteiger partial charge in [0.05, 0.1) is 23.2 Å². The first kappa shape index (κ1) is 18.7. The summed E-state index contributed by atoms with van der Waals surface area (Å²) in [5.74, 6) is -1.04. The molecule has 0 aliphatic carbocycles. The van der Waals surface area contributed by atoms with Crippen molar-refractivity contribution in [2.75, 3.05) is 11.9 Å². The molecule has 0 saturated carbocycles. The van der Waals surface area contributed by atoms with Crippen LogP contribution in [0.15, 0.2) is 47.4 Å². The summed E-state index contributed by atoms with van der Waals surface area (Å²) in [5.41, 5.74) is -2.53. The second-order valence-corrected chi connectivity index (χ2v) is 5.57. The Kier molecular flexibility index (Phi) is 4.81. The summed E-state index contributed by atoms with van der Waals surface area (Å²) >= 11 is 0. The highest BCUT2D eigenvalue weighted by atomic mass is 19.4. The molecule has 0 atom stereocenters. The summed E-state index contributed by atoms with van der Waals surface area (Å²) in [7, 11) is 0. The van der Waals surface area contributed by atoms with Gasteiger partial charge >= 0.3 is 6.18 Å². The van der Waals surface area contributed by atoms with Crippen molar-refractivity contribution in [1.82, 2.24) is 9.38 Å². The average molecular weight is 387 g/mol. The van der Waals surface area contributed by atoms with Gasteiger partial charge in [0, 0.05) is 6.20 Å². The van der Waals surface area contributed by atoms with Crippen LogP contribution in [0.4, 0.5) is 32.3 Å². The molecule has 3 rings (SSSR count). The van der Waals surface area contributed by atoms with Crippen molar-refractivity contribution >= 4 is 11.5 Å². The van der Waals surface area contributed by atoms with Crippen LogP contribution in [0.2, 0.25) is 0 Å². The minimum Gasteiger partial charge on any atom is -0.350 e. The predicted molar refractivity (Wildman–Crippen MR) is 86.4 cm³/mol. The Hall–Kier alpha value is -3.04. The van der Waals surface area contributed by atoms with Gasteiger partial charge in [-0.3, -0.25) is 9.20 Å². The molecule has 1 aromatic carbocycles. The summed E-state index contributed by atoms with van der Waals surface area (Å²) in [6, 6.07) is 6.13. The van der Waals surface area contributed by atoms with Crippen LogP contribution in [0.1, 0.15) is 5.56 Å². The fourth-order valence-electron chi connectivity index (χ4n) is 2.58. The van der Waals surface area contributed by atoms with Crippen molar-refractivity contribution in [2.24, 2.45) is 0 Å². The van der Waals surface area contributed by atoms with Crippen molar-refractivity contribution in [2.45, 2.75) is 12.6 Å². The van der Waals surface area contributed by atoms with Gasteiger partial charge in [-0.1, -0.05) is 12.1 Å². The van der Waals surface area contributed by atoms with Crippen LogP contribution in [-0.4, -0.2) is 22.4 Å². The standard InChI is InChI=1S/C17H11F6N3O/c18-11-3-1-2-9(6-11)14-12-7-10(17(21,22)23)4-5-26(12)16(25-15(14)27)24-8-13(19)20/h1-7,13H,8H2,(H,24,25,27). The van der Waals surface area contributed by atoms with Crippen molar-refractivity contribution in [3.05, 3.63) is 64.3 Å². The Balaban J connectivity index is 2.32. The molecular formula is C17H11F6N3O. The molecule has 27 heavy (non-hydrogen) atoms. The van der Waals surface area contributed by atoms with E-state index >= 15 is 0 Å². The highest BCUT2D eigenvalue weighted by Gasteiger charge is 2.31. The lowest BCUT2D eigenvalue weighted by Gasteiger charge is -2.15. The number of fused-ring (bicyclic) bond motifs is 1. The first-order valence-corrected chi connectivity index (χ1v) is 7.58. The fourth-order valence-corrected chi connectivity index (χ4v) is 2.58. The lowest BCUT2D eigenvalue weighted by Crippen LogP contribution is -2.21. The van der Waals surface area contributed by atoms with E-state index in [1.165, 1.54) is 12.1 Å².